The fourth-order valence-corrected chi connectivity index (χ4v) is 3.38. The average Bonchev–Trinajstić information content (AvgIpc) is 2.78. The molecule has 0 bridgehead atoms. The number of aryl methyl sites for hydroxylation is 2. The van der Waals surface area contributed by atoms with Gasteiger partial charge in [-0.3, -0.25) is 14.4 Å². The van der Waals surface area contributed by atoms with Crippen molar-refractivity contribution in [3.8, 4) is 0 Å². The molecule has 0 aromatic carbocycles. The lowest BCUT2D eigenvalue weighted by atomic mass is 10.0. The van der Waals surface area contributed by atoms with Crippen LogP contribution in [0.3, 0.4) is 0 Å². The number of amides is 1. The van der Waals surface area contributed by atoms with E-state index in [-0.39, 0.29) is 5.91 Å². The van der Waals surface area contributed by atoms with Gasteiger partial charge in [0.2, 0.25) is 5.91 Å². The summed E-state index contributed by atoms with van der Waals surface area (Å²) in [4.78, 5) is 14.9. The van der Waals surface area contributed by atoms with E-state index >= 15 is 0 Å². The monoisotopic (exact) mass is 336 g/mol. The van der Waals surface area contributed by atoms with E-state index in [9.17, 15) is 4.79 Å². The number of aromatic nitrogens is 2. The van der Waals surface area contributed by atoms with E-state index in [1.807, 2.05) is 25.6 Å². The van der Waals surface area contributed by atoms with Crippen LogP contribution in [0.25, 0.3) is 0 Å². The average molecular weight is 336 g/mol. The molecule has 0 radical (unpaired) electrons. The van der Waals surface area contributed by atoms with Gasteiger partial charge in [-0.1, -0.05) is 13.8 Å². The van der Waals surface area contributed by atoms with Crippen LogP contribution in [0.5, 0.6) is 0 Å². The molecule has 1 aromatic rings. The summed E-state index contributed by atoms with van der Waals surface area (Å²) in [5, 5.41) is 7.53. The quantitative estimate of drug-likeness (QED) is 0.819. The normalized spacial score (nSPS) is 17.2. The summed E-state index contributed by atoms with van der Waals surface area (Å²) in [5.41, 5.74) is 3.05. The van der Waals surface area contributed by atoms with Crippen molar-refractivity contribution >= 4 is 5.91 Å². The summed E-state index contributed by atoms with van der Waals surface area (Å²) in [5.74, 6) is 0.689. The number of carbonyl (C=O) groups excluding carboxylic acids is 1. The standard InChI is InChI=1S/C18H32N4O2/c1-13(2)10-16(22-6-8-24-9-7-22)12-19-18(23)11-17-14(3)20-21(5)15(17)4/h13,16H,6-12H2,1-5H3,(H,19,23). The Hall–Kier alpha value is -1.40. The second kappa shape index (κ2) is 8.62. The summed E-state index contributed by atoms with van der Waals surface area (Å²) in [7, 11) is 1.92. The molecule has 2 heterocycles. The van der Waals surface area contributed by atoms with E-state index in [0.29, 0.717) is 24.9 Å². The van der Waals surface area contributed by atoms with Gasteiger partial charge in [-0.2, -0.15) is 5.10 Å². The highest BCUT2D eigenvalue weighted by Crippen LogP contribution is 2.14. The van der Waals surface area contributed by atoms with Crippen LogP contribution in [0.1, 0.15) is 37.2 Å². The van der Waals surface area contributed by atoms with Crippen molar-refractivity contribution in [3.05, 3.63) is 17.0 Å². The van der Waals surface area contributed by atoms with Crippen molar-refractivity contribution in [2.24, 2.45) is 13.0 Å². The molecule has 1 aromatic heterocycles. The van der Waals surface area contributed by atoms with Crippen LogP contribution >= 0.6 is 0 Å². The third kappa shape index (κ3) is 5.05. The van der Waals surface area contributed by atoms with Gasteiger partial charge in [0.25, 0.3) is 0 Å². The first-order valence-corrected chi connectivity index (χ1v) is 8.96. The van der Waals surface area contributed by atoms with Crippen molar-refractivity contribution in [3.63, 3.8) is 0 Å². The molecule has 1 aliphatic heterocycles. The summed E-state index contributed by atoms with van der Waals surface area (Å²) < 4.78 is 7.29. The number of nitrogens with zero attached hydrogens (tertiary/aromatic N) is 3. The molecule has 1 unspecified atom stereocenters. The zero-order valence-corrected chi connectivity index (χ0v) is 15.8. The van der Waals surface area contributed by atoms with Crippen LogP contribution in [-0.4, -0.2) is 59.5 Å². The topological polar surface area (TPSA) is 59.4 Å². The SMILES string of the molecule is Cc1nn(C)c(C)c1CC(=O)NCC(CC(C)C)N1CCOCC1. The Balaban J connectivity index is 1.91. The smallest absolute Gasteiger partial charge is 0.224 e. The van der Waals surface area contributed by atoms with Crippen molar-refractivity contribution in [1.82, 2.24) is 20.0 Å². The first-order valence-electron chi connectivity index (χ1n) is 8.96. The molecule has 24 heavy (non-hydrogen) atoms. The molecule has 1 fully saturated rings. The van der Waals surface area contributed by atoms with E-state index in [1.54, 1.807) is 0 Å². The fraction of sp³-hybridized carbons (Fsp3) is 0.778. The van der Waals surface area contributed by atoms with Gasteiger partial charge in [-0.15, -0.1) is 0 Å². The second-order valence-corrected chi connectivity index (χ2v) is 7.19. The number of ether oxygens (including phenoxy) is 1. The number of hydrogen-bond donors (Lipinski definition) is 1. The largest absolute Gasteiger partial charge is 0.379 e. The van der Waals surface area contributed by atoms with Crippen molar-refractivity contribution in [2.45, 2.75) is 46.6 Å². The van der Waals surface area contributed by atoms with Crippen molar-refractivity contribution in [1.29, 1.82) is 0 Å². The zero-order chi connectivity index (χ0) is 17.7. The number of hydrogen-bond acceptors (Lipinski definition) is 4. The molecule has 1 atom stereocenters. The molecule has 1 aliphatic rings. The number of morpholine rings is 1. The van der Waals surface area contributed by atoms with Gasteiger partial charge in [-0.25, -0.2) is 0 Å². The molecular weight excluding hydrogens is 304 g/mol. The first kappa shape index (κ1) is 18.9. The number of nitrogens with one attached hydrogen (secondary N) is 1. The number of carbonyl (C=O) groups is 1. The van der Waals surface area contributed by atoms with E-state index in [0.717, 1.165) is 49.7 Å². The molecule has 0 spiro atoms. The Morgan fingerprint density at radius 1 is 1.29 bits per heavy atom. The van der Waals surface area contributed by atoms with E-state index in [2.05, 4.69) is 29.2 Å². The molecule has 1 N–H and O–H groups in total. The van der Waals surface area contributed by atoms with E-state index in [4.69, 9.17) is 4.74 Å². The predicted molar refractivity (Wildman–Crippen MR) is 95.0 cm³/mol. The van der Waals surface area contributed by atoms with Gasteiger partial charge >= 0.3 is 0 Å². The highest BCUT2D eigenvalue weighted by Gasteiger charge is 2.23. The molecule has 136 valence electrons. The summed E-state index contributed by atoms with van der Waals surface area (Å²) >= 11 is 0. The maximum absolute atomic E-state index is 12.4. The molecule has 6 heteroatoms. The predicted octanol–water partition coefficient (Wildman–Crippen LogP) is 1.44. The molecule has 0 saturated carbocycles. The van der Waals surface area contributed by atoms with Crippen molar-refractivity contribution in [2.75, 3.05) is 32.8 Å². The lowest BCUT2D eigenvalue weighted by molar-refractivity contribution is -0.120. The Kier molecular flexibility index (Phi) is 6.80. The first-order chi connectivity index (χ1) is 11.4. The third-order valence-corrected chi connectivity index (χ3v) is 4.84. The van der Waals surface area contributed by atoms with Gasteiger partial charge in [-0.05, 0) is 26.2 Å². The number of rotatable bonds is 7. The molecule has 6 nitrogen and oxygen atoms in total. The van der Waals surface area contributed by atoms with Gasteiger partial charge < -0.3 is 10.1 Å². The zero-order valence-electron chi connectivity index (χ0n) is 15.8. The van der Waals surface area contributed by atoms with E-state index < -0.39 is 0 Å². The van der Waals surface area contributed by atoms with Gasteiger partial charge in [0, 0.05) is 44.0 Å². The lowest BCUT2D eigenvalue weighted by Crippen LogP contribution is -2.49. The Bertz CT molecular complexity index is 547. The van der Waals surface area contributed by atoms with Crippen LogP contribution in [-0.2, 0) is 23.0 Å². The summed E-state index contributed by atoms with van der Waals surface area (Å²) in [6.07, 6.45) is 1.49. The summed E-state index contributed by atoms with van der Waals surface area (Å²) in [6.45, 7) is 12.6. The van der Waals surface area contributed by atoms with Crippen LogP contribution in [0.15, 0.2) is 0 Å². The maximum atomic E-state index is 12.4. The van der Waals surface area contributed by atoms with Crippen LogP contribution < -0.4 is 5.32 Å². The molecular formula is C18H32N4O2. The Labute approximate surface area is 145 Å². The molecule has 1 saturated heterocycles. The Morgan fingerprint density at radius 3 is 2.50 bits per heavy atom. The van der Waals surface area contributed by atoms with E-state index in [1.165, 1.54) is 0 Å². The highest BCUT2D eigenvalue weighted by molar-refractivity contribution is 5.79. The minimum Gasteiger partial charge on any atom is -0.379 e. The van der Waals surface area contributed by atoms with Crippen LogP contribution in [0.4, 0.5) is 0 Å². The van der Waals surface area contributed by atoms with Crippen LogP contribution in [0, 0.1) is 19.8 Å². The lowest BCUT2D eigenvalue weighted by Gasteiger charge is -2.35. The maximum Gasteiger partial charge on any atom is 0.224 e. The second-order valence-electron chi connectivity index (χ2n) is 7.19. The van der Waals surface area contributed by atoms with Gasteiger partial charge in [0.15, 0.2) is 0 Å². The van der Waals surface area contributed by atoms with Gasteiger partial charge in [0.1, 0.15) is 0 Å². The fourth-order valence-electron chi connectivity index (χ4n) is 3.38. The summed E-state index contributed by atoms with van der Waals surface area (Å²) in [6, 6.07) is 0.383. The highest BCUT2D eigenvalue weighted by atomic mass is 16.5. The minimum atomic E-state index is 0.0798. The molecule has 2 rings (SSSR count). The van der Waals surface area contributed by atoms with Crippen LogP contribution in [0.2, 0.25) is 0 Å². The van der Waals surface area contributed by atoms with Crippen molar-refractivity contribution < 1.29 is 9.53 Å². The third-order valence-electron chi connectivity index (χ3n) is 4.84. The Morgan fingerprint density at radius 2 is 1.96 bits per heavy atom. The minimum absolute atomic E-state index is 0.0798. The van der Waals surface area contributed by atoms with Gasteiger partial charge in [0.05, 0.1) is 25.3 Å². The molecule has 1 amide bonds. The molecule has 0 aliphatic carbocycles.